The summed E-state index contributed by atoms with van der Waals surface area (Å²) in [4.78, 5) is 23.3. The summed E-state index contributed by atoms with van der Waals surface area (Å²) in [6.45, 7) is 2.18. The van der Waals surface area contributed by atoms with Crippen LogP contribution >= 0.6 is 23.2 Å². The van der Waals surface area contributed by atoms with Crippen LogP contribution < -0.4 is 5.32 Å². The number of aliphatic carboxylic acids is 1. The molecule has 6 nitrogen and oxygen atoms in total. The fourth-order valence-corrected chi connectivity index (χ4v) is 5.44. The number of aryl methyl sites for hydroxylation is 2. The largest absolute Gasteiger partial charge is 0.481 e. The Balaban J connectivity index is 1.53. The number of amides is 1. The summed E-state index contributed by atoms with van der Waals surface area (Å²) in [6, 6.07) is 21.4. The van der Waals surface area contributed by atoms with Crippen molar-refractivity contribution in [2.45, 2.75) is 32.2 Å². The first-order chi connectivity index (χ1) is 17.8. The zero-order valence-corrected chi connectivity index (χ0v) is 21.7. The number of carboxylic acid groups (broad SMARTS) is 1. The van der Waals surface area contributed by atoms with E-state index in [0.29, 0.717) is 15.6 Å². The summed E-state index contributed by atoms with van der Waals surface area (Å²) in [7, 11) is 0. The van der Waals surface area contributed by atoms with E-state index in [4.69, 9.17) is 33.4 Å². The summed E-state index contributed by atoms with van der Waals surface area (Å²) in [5, 5.41) is 17.6. The van der Waals surface area contributed by atoms with Gasteiger partial charge in [-0.15, -0.1) is 0 Å². The molecule has 8 heteroatoms. The van der Waals surface area contributed by atoms with Crippen LogP contribution in [0.25, 0.3) is 22.5 Å². The number of nitrogens with one attached hydrogen (secondary N) is 1. The molecule has 5 rings (SSSR count). The molecular formula is C29H25Cl2N3O3. The first-order valence-electron chi connectivity index (χ1n) is 12.0. The molecule has 1 aromatic heterocycles. The van der Waals surface area contributed by atoms with Crippen LogP contribution in [0.3, 0.4) is 0 Å². The monoisotopic (exact) mass is 533 g/mol. The molecule has 1 aliphatic rings. The lowest BCUT2D eigenvalue weighted by Crippen LogP contribution is -2.26. The molecule has 2 N–H and O–H groups in total. The molecule has 1 heterocycles. The predicted octanol–water partition coefficient (Wildman–Crippen LogP) is 6.57. The highest BCUT2D eigenvalue weighted by atomic mass is 35.5. The van der Waals surface area contributed by atoms with E-state index in [1.54, 1.807) is 12.1 Å². The van der Waals surface area contributed by atoms with E-state index in [9.17, 15) is 9.59 Å². The van der Waals surface area contributed by atoms with Crippen molar-refractivity contribution in [2.24, 2.45) is 0 Å². The zero-order chi connectivity index (χ0) is 26.1. The second-order valence-electron chi connectivity index (χ2n) is 9.20. The number of rotatable bonds is 7. The SMILES string of the molecule is Cc1ccccc1-c1cc(-c2cc(Cl)cc(Cl)c2)nn1C1CCc2cc(C(=O)NCCC(=O)O)ccc21. The van der Waals surface area contributed by atoms with E-state index in [1.165, 1.54) is 0 Å². The third kappa shape index (κ3) is 5.26. The number of hydrogen-bond acceptors (Lipinski definition) is 3. The standard InChI is InChI=1S/C29H25Cl2N3O3/c1-17-4-2-3-5-23(17)27-16-25(20-13-21(30)15-22(31)14-20)33-34(27)26-9-7-18-12-19(6-8-24(18)26)29(37)32-11-10-28(35)36/h2-6,8,12-16,26H,7,9-11H2,1H3,(H,32,37)(H,35,36). The Hall–Kier alpha value is -3.61. The first kappa shape index (κ1) is 25.1. The number of halogens is 2. The highest BCUT2D eigenvalue weighted by Gasteiger charge is 2.28. The molecule has 4 aromatic rings. The van der Waals surface area contributed by atoms with Crippen molar-refractivity contribution in [3.63, 3.8) is 0 Å². The molecule has 0 spiro atoms. The second-order valence-corrected chi connectivity index (χ2v) is 10.1. The Morgan fingerprint density at radius 3 is 2.54 bits per heavy atom. The molecule has 188 valence electrons. The maximum Gasteiger partial charge on any atom is 0.305 e. The Morgan fingerprint density at radius 2 is 1.81 bits per heavy atom. The van der Waals surface area contributed by atoms with Gasteiger partial charge in [0.2, 0.25) is 0 Å². The summed E-state index contributed by atoms with van der Waals surface area (Å²) in [5.74, 6) is -1.22. The fraction of sp³-hybridized carbons (Fsp3) is 0.207. The van der Waals surface area contributed by atoms with E-state index in [-0.39, 0.29) is 24.9 Å². The number of aromatic nitrogens is 2. The van der Waals surface area contributed by atoms with Gasteiger partial charge in [0, 0.05) is 33.3 Å². The summed E-state index contributed by atoms with van der Waals surface area (Å²) in [6.07, 6.45) is 1.54. The minimum absolute atomic E-state index is 0.00265. The van der Waals surface area contributed by atoms with Crippen molar-refractivity contribution < 1.29 is 14.7 Å². The molecule has 0 aliphatic heterocycles. The lowest BCUT2D eigenvalue weighted by molar-refractivity contribution is -0.136. The Bertz CT molecular complexity index is 1490. The van der Waals surface area contributed by atoms with Gasteiger partial charge in [0.1, 0.15) is 0 Å². The molecule has 3 aromatic carbocycles. The molecule has 0 radical (unpaired) electrons. The van der Waals surface area contributed by atoms with Gasteiger partial charge in [-0.05, 0) is 72.9 Å². The average molecular weight is 534 g/mol. The molecule has 37 heavy (non-hydrogen) atoms. The molecular weight excluding hydrogens is 509 g/mol. The number of nitrogens with zero attached hydrogens (tertiary/aromatic N) is 2. The van der Waals surface area contributed by atoms with Crippen LogP contribution in [0.1, 0.15) is 45.9 Å². The van der Waals surface area contributed by atoms with E-state index >= 15 is 0 Å². The predicted molar refractivity (Wildman–Crippen MR) is 145 cm³/mol. The van der Waals surface area contributed by atoms with Crippen LogP contribution in [0.4, 0.5) is 0 Å². The molecule has 1 unspecified atom stereocenters. The molecule has 0 bridgehead atoms. The van der Waals surface area contributed by atoms with Crippen molar-refractivity contribution in [3.05, 3.63) is 99.0 Å². The fourth-order valence-electron chi connectivity index (χ4n) is 4.91. The highest BCUT2D eigenvalue weighted by molar-refractivity contribution is 6.35. The average Bonchev–Trinajstić information content (AvgIpc) is 3.47. The van der Waals surface area contributed by atoms with Gasteiger partial charge in [-0.3, -0.25) is 14.3 Å². The van der Waals surface area contributed by atoms with Crippen LogP contribution in [-0.4, -0.2) is 33.3 Å². The number of hydrogen-bond donors (Lipinski definition) is 2. The van der Waals surface area contributed by atoms with Crippen molar-refractivity contribution >= 4 is 35.1 Å². The maximum absolute atomic E-state index is 12.5. The first-order valence-corrected chi connectivity index (χ1v) is 12.8. The number of carboxylic acids is 1. The maximum atomic E-state index is 12.5. The van der Waals surface area contributed by atoms with Gasteiger partial charge in [-0.1, -0.05) is 53.5 Å². The van der Waals surface area contributed by atoms with Gasteiger partial charge in [-0.25, -0.2) is 0 Å². The van der Waals surface area contributed by atoms with Crippen LogP contribution in [0.2, 0.25) is 10.0 Å². The smallest absolute Gasteiger partial charge is 0.305 e. The molecule has 1 amide bonds. The van der Waals surface area contributed by atoms with Crippen molar-refractivity contribution in [1.29, 1.82) is 0 Å². The quantitative estimate of drug-likeness (QED) is 0.281. The van der Waals surface area contributed by atoms with Crippen molar-refractivity contribution in [2.75, 3.05) is 6.54 Å². The van der Waals surface area contributed by atoms with Crippen molar-refractivity contribution in [3.8, 4) is 22.5 Å². The second kappa shape index (κ2) is 10.4. The Labute approximate surface area is 224 Å². The third-order valence-corrected chi connectivity index (χ3v) is 7.12. The zero-order valence-electron chi connectivity index (χ0n) is 20.2. The summed E-state index contributed by atoms with van der Waals surface area (Å²) < 4.78 is 2.07. The number of benzene rings is 3. The van der Waals surface area contributed by atoms with Gasteiger partial charge >= 0.3 is 5.97 Å². The minimum Gasteiger partial charge on any atom is -0.481 e. The molecule has 1 atom stereocenters. The van der Waals surface area contributed by atoms with E-state index in [1.807, 2.05) is 36.4 Å². The molecule has 0 fully saturated rings. The van der Waals surface area contributed by atoms with Gasteiger partial charge in [0.15, 0.2) is 0 Å². The van der Waals surface area contributed by atoms with E-state index in [0.717, 1.165) is 52.0 Å². The van der Waals surface area contributed by atoms with Crippen LogP contribution in [0, 0.1) is 6.92 Å². The molecule has 1 aliphatic carbocycles. The van der Waals surface area contributed by atoms with Crippen molar-refractivity contribution in [1.82, 2.24) is 15.1 Å². The lowest BCUT2D eigenvalue weighted by Gasteiger charge is -2.17. The minimum atomic E-state index is -0.944. The Kier molecular flexibility index (Phi) is 7.04. The summed E-state index contributed by atoms with van der Waals surface area (Å²) in [5.41, 5.74) is 7.60. The number of fused-ring (bicyclic) bond motifs is 1. The van der Waals surface area contributed by atoms with E-state index < -0.39 is 5.97 Å². The Morgan fingerprint density at radius 1 is 1.05 bits per heavy atom. The number of carbonyl (C=O) groups is 2. The van der Waals surface area contributed by atoms with Gasteiger partial charge in [-0.2, -0.15) is 5.10 Å². The van der Waals surface area contributed by atoms with Crippen LogP contribution in [0.15, 0.2) is 66.7 Å². The highest BCUT2D eigenvalue weighted by Crippen LogP contribution is 2.40. The topological polar surface area (TPSA) is 84.2 Å². The van der Waals surface area contributed by atoms with Crippen LogP contribution in [-0.2, 0) is 11.2 Å². The third-order valence-electron chi connectivity index (χ3n) is 6.69. The lowest BCUT2D eigenvalue weighted by atomic mass is 10.0. The van der Waals surface area contributed by atoms with Gasteiger partial charge < -0.3 is 10.4 Å². The molecule has 0 saturated carbocycles. The summed E-state index contributed by atoms with van der Waals surface area (Å²) >= 11 is 12.6. The molecule has 0 saturated heterocycles. The van der Waals surface area contributed by atoms with E-state index in [2.05, 4.69) is 35.1 Å². The van der Waals surface area contributed by atoms with Gasteiger partial charge in [0.25, 0.3) is 5.91 Å². The normalized spacial score (nSPS) is 14.4. The van der Waals surface area contributed by atoms with Gasteiger partial charge in [0.05, 0.1) is 23.9 Å². The van der Waals surface area contributed by atoms with Crippen LogP contribution in [0.5, 0.6) is 0 Å². The number of carbonyl (C=O) groups excluding carboxylic acids is 1.